The van der Waals surface area contributed by atoms with Gasteiger partial charge in [0, 0.05) is 25.1 Å². The van der Waals surface area contributed by atoms with Gasteiger partial charge in [0.05, 0.1) is 6.26 Å². The Kier molecular flexibility index (Phi) is 3.57. The van der Waals surface area contributed by atoms with Crippen molar-refractivity contribution >= 4 is 11.9 Å². The fourth-order valence-corrected chi connectivity index (χ4v) is 2.01. The Hall–Kier alpha value is -1.35. The summed E-state index contributed by atoms with van der Waals surface area (Å²) >= 11 is 0. The van der Waals surface area contributed by atoms with Crippen LogP contribution in [0.25, 0.3) is 6.08 Å². The third kappa shape index (κ3) is 2.61. The van der Waals surface area contributed by atoms with E-state index in [0.29, 0.717) is 6.42 Å². The molecule has 0 spiro atoms. The molecule has 0 radical (unpaired) electrons. The van der Waals surface area contributed by atoms with Crippen LogP contribution in [0.2, 0.25) is 0 Å². The summed E-state index contributed by atoms with van der Waals surface area (Å²) in [4.78, 5) is 14.0. The first-order valence-electron chi connectivity index (χ1n) is 5.79. The van der Waals surface area contributed by atoms with E-state index in [1.54, 1.807) is 6.26 Å². The zero-order valence-electron chi connectivity index (χ0n) is 9.61. The van der Waals surface area contributed by atoms with Crippen molar-refractivity contribution in [1.29, 1.82) is 0 Å². The summed E-state index contributed by atoms with van der Waals surface area (Å²) in [6.07, 6.45) is 5.25. The smallest absolute Gasteiger partial charge is 0.161 e. The molecule has 86 valence electrons. The minimum atomic E-state index is 0.253. The van der Waals surface area contributed by atoms with Crippen molar-refractivity contribution in [3.8, 4) is 0 Å². The highest BCUT2D eigenvalue weighted by Crippen LogP contribution is 2.16. The number of nitrogens with zero attached hydrogens (tertiary/aromatic N) is 1. The Labute approximate surface area is 95.7 Å². The number of hydrogen-bond donors (Lipinski definition) is 0. The average Bonchev–Trinajstić information content (AvgIpc) is 2.76. The summed E-state index contributed by atoms with van der Waals surface area (Å²) in [6.45, 7) is 4.87. The Morgan fingerprint density at radius 1 is 1.56 bits per heavy atom. The van der Waals surface area contributed by atoms with E-state index in [1.165, 1.54) is 0 Å². The number of piperidine rings is 1. The lowest BCUT2D eigenvalue weighted by molar-refractivity contribution is -0.117. The molecule has 0 N–H and O–H groups in total. The van der Waals surface area contributed by atoms with Crippen LogP contribution < -0.4 is 0 Å². The third-order valence-electron chi connectivity index (χ3n) is 2.81. The Morgan fingerprint density at radius 2 is 2.44 bits per heavy atom. The molecule has 0 atom stereocenters. The summed E-state index contributed by atoms with van der Waals surface area (Å²) in [5.41, 5.74) is 0.870. The highest BCUT2D eigenvalue weighted by atomic mass is 16.3. The molecule has 1 saturated heterocycles. The number of carbonyl (C=O) groups excluding carboxylic acids is 1. The van der Waals surface area contributed by atoms with E-state index in [-0.39, 0.29) is 5.78 Å². The molecular formula is C13H17NO2. The molecule has 0 unspecified atom stereocenters. The van der Waals surface area contributed by atoms with Crippen LogP contribution in [0.4, 0.5) is 0 Å². The van der Waals surface area contributed by atoms with E-state index in [1.807, 2.05) is 18.2 Å². The quantitative estimate of drug-likeness (QED) is 0.732. The minimum Gasteiger partial charge on any atom is -0.465 e. The van der Waals surface area contributed by atoms with Crippen LogP contribution in [0.15, 0.2) is 28.4 Å². The molecule has 2 heterocycles. The van der Waals surface area contributed by atoms with Crippen molar-refractivity contribution in [1.82, 2.24) is 4.90 Å². The predicted molar refractivity (Wildman–Crippen MR) is 63.0 cm³/mol. The molecule has 0 saturated carbocycles. The minimum absolute atomic E-state index is 0.253. The molecule has 0 aromatic carbocycles. The normalized spacial score (nSPS) is 20.6. The largest absolute Gasteiger partial charge is 0.465 e. The molecule has 3 nitrogen and oxygen atoms in total. The predicted octanol–water partition coefficient (Wildman–Crippen LogP) is 2.35. The van der Waals surface area contributed by atoms with Gasteiger partial charge in [0.25, 0.3) is 0 Å². The fourth-order valence-electron chi connectivity index (χ4n) is 2.01. The van der Waals surface area contributed by atoms with Gasteiger partial charge in [0.2, 0.25) is 0 Å². The summed E-state index contributed by atoms with van der Waals surface area (Å²) in [7, 11) is 0. The van der Waals surface area contributed by atoms with Crippen molar-refractivity contribution < 1.29 is 9.21 Å². The summed E-state index contributed by atoms with van der Waals surface area (Å²) in [5.74, 6) is 1.02. The molecule has 0 amide bonds. The van der Waals surface area contributed by atoms with Gasteiger partial charge in [-0.2, -0.15) is 0 Å². The van der Waals surface area contributed by atoms with Crippen LogP contribution >= 0.6 is 0 Å². The average molecular weight is 219 g/mol. The maximum atomic E-state index is 11.7. The number of rotatable bonds is 3. The lowest BCUT2D eigenvalue weighted by atomic mass is 10.0. The number of ketones is 1. The zero-order chi connectivity index (χ0) is 11.4. The molecule has 1 aliphatic rings. The van der Waals surface area contributed by atoms with E-state index in [4.69, 9.17) is 4.42 Å². The maximum absolute atomic E-state index is 11.7. The van der Waals surface area contributed by atoms with Crippen LogP contribution in [-0.2, 0) is 4.79 Å². The second kappa shape index (κ2) is 5.12. The number of furan rings is 1. The zero-order valence-corrected chi connectivity index (χ0v) is 9.61. The van der Waals surface area contributed by atoms with Crippen LogP contribution in [0.1, 0.15) is 25.5 Å². The van der Waals surface area contributed by atoms with Crippen LogP contribution in [0.5, 0.6) is 0 Å². The van der Waals surface area contributed by atoms with Gasteiger partial charge in [-0.15, -0.1) is 0 Å². The van der Waals surface area contributed by atoms with Crippen LogP contribution in [-0.4, -0.2) is 30.3 Å². The molecule has 16 heavy (non-hydrogen) atoms. The lowest BCUT2D eigenvalue weighted by Gasteiger charge is -2.27. The first-order chi connectivity index (χ1) is 7.79. The molecule has 1 aromatic heterocycles. The number of likely N-dealkylation sites (tertiary alicyclic amines) is 1. The van der Waals surface area contributed by atoms with Gasteiger partial charge in [-0.1, -0.05) is 6.92 Å². The topological polar surface area (TPSA) is 33.5 Å². The number of carbonyl (C=O) groups is 1. The van der Waals surface area contributed by atoms with Gasteiger partial charge in [-0.05, 0) is 31.2 Å². The monoisotopic (exact) mass is 219 g/mol. The molecule has 0 bridgehead atoms. The summed E-state index contributed by atoms with van der Waals surface area (Å²) in [5, 5.41) is 0. The van der Waals surface area contributed by atoms with Crippen molar-refractivity contribution in [2.24, 2.45) is 0 Å². The fraction of sp³-hybridized carbons (Fsp3) is 0.462. The Bertz CT molecular complexity index is 379. The standard InChI is InChI=1S/C13H17NO2/c1-2-6-14-7-5-13(15)11(10-14)9-12-4-3-8-16-12/h3-4,8-9H,2,5-7,10H2,1H3/b11-9+. The highest BCUT2D eigenvalue weighted by molar-refractivity contribution is 6.00. The Morgan fingerprint density at radius 3 is 3.12 bits per heavy atom. The molecule has 1 aliphatic heterocycles. The van der Waals surface area contributed by atoms with E-state index >= 15 is 0 Å². The van der Waals surface area contributed by atoms with Crippen molar-refractivity contribution in [2.75, 3.05) is 19.6 Å². The van der Waals surface area contributed by atoms with Gasteiger partial charge in [-0.3, -0.25) is 9.69 Å². The maximum Gasteiger partial charge on any atom is 0.161 e. The third-order valence-corrected chi connectivity index (χ3v) is 2.81. The van der Waals surface area contributed by atoms with Crippen LogP contribution in [0.3, 0.4) is 0 Å². The second-order valence-corrected chi connectivity index (χ2v) is 4.13. The lowest BCUT2D eigenvalue weighted by Crippen LogP contribution is -2.36. The second-order valence-electron chi connectivity index (χ2n) is 4.13. The first kappa shape index (κ1) is 11.1. The molecule has 1 aromatic rings. The van der Waals surface area contributed by atoms with Crippen molar-refractivity contribution in [3.63, 3.8) is 0 Å². The number of hydrogen-bond acceptors (Lipinski definition) is 3. The molecule has 0 aliphatic carbocycles. The van der Waals surface area contributed by atoms with Gasteiger partial charge >= 0.3 is 0 Å². The van der Waals surface area contributed by atoms with Gasteiger partial charge in [0.1, 0.15) is 5.76 Å². The van der Waals surface area contributed by atoms with Gasteiger partial charge < -0.3 is 4.42 Å². The van der Waals surface area contributed by atoms with E-state index < -0.39 is 0 Å². The SMILES string of the molecule is CCCN1CCC(=O)/C(=C/c2ccco2)C1. The van der Waals surface area contributed by atoms with Gasteiger partial charge in [-0.25, -0.2) is 0 Å². The van der Waals surface area contributed by atoms with Crippen molar-refractivity contribution in [2.45, 2.75) is 19.8 Å². The van der Waals surface area contributed by atoms with Crippen molar-refractivity contribution in [3.05, 3.63) is 29.7 Å². The van der Waals surface area contributed by atoms with E-state index in [0.717, 1.165) is 37.4 Å². The molecular weight excluding hydrogens is 202 g/mol. The first-order valence-corrected chi connectivity index (χ1v) is 5.79. The van der Waals surface area contributed by atoms with Gasteiger partial charge in [0.15, 0.2) is 5.78 Å². The Balaban J connectivity index is 2.09. The summed E-state index contributed by atoms with van der Waals surface area (Å²) in [6, 6.07) is 3.71. The highest BCUT2D eigenvalue weighted by Gasteiger charge is 2.20. The summed E-state index contributed by atoms with van der Waals surface area (Å²) < 4.78 is 5.23. The van der Waals surface area contributed by atoms with Crippen LogP contribution in [0, 0.1) is 0 Å². The molecule has 3 heteroatoms. The van der Waals surface area contributed by atoms with E-state index in [9.17, 15) is 4.79 Å². The molecule has 2 rings (SSSR count). The number of Topliss-reactive ketones (excluding diaryl/α,β-unsaturated/α-hetero) is 1. The van der Waals surface area contributed by atoms with E-state index in [2.05, 4.69) is 11.8 Å². The molecule has 1 fully saturated rings.